The van der Waals surface area contributed by atoms with Crippen LogP contribution in [0.25, 0.3) is 0 Å². The number of ether oxygens (including phenoxy) is 1. The highest BCUT2D eigenvalue weighted by Gasteiger charge is 2.16. The third-order valence-electron chi connectivity index (χ3n) is 3.37. The summed E-state index contributed by atoms with van der Waals surface area (Å²) >= 11 is 0. The van der Waals surface area contributed by atoms with Gasteiger partial charge in [-0.2, -0.15) is 0 Å². The zero-order chi connectivity index (χ0) is 17.3. The van der Waals surface area contributed by atoms with E-state index in [0.29, 0.717) is 18.6 Å². The van der Waals surface area contributed by atoms with E-state index in [4.69, 9.17) is 4.74 Å². The Morgan fingerprint density at radius 2 is 1.91 bits per heavy atom. The van der Waals surface area contributed by atoms with Gasteiger partial charge in [-0.1, -0.05) is 12.1 Å². The van der Waals surface area contributed by atoms with Crippen molar-refractivity contribution in [3.8, 4) is 0 Å². The summed E-state index contributed by atoms with van der Waals surface area (Å²) in [5.41, 5.74) is 1.59. The van der Waals surface area contributed by atoms with Crippen molar-refractivity contribution in [3.05, 3.63) is 29.3 Å². The van der Waals surface area contributed by atoms with Crippen LogP contribution in [0.5, 0.6) is 0 Å². The van der Waals surface area contributed by atoms with Gasteiger partial charge in [0.05, 0.1) is 4.90 Å². The number of hydrogen-bond donors (Lipinski definition) is 2. The lowest BCUT2D eigenvalue weighted by molar-refractivity contribution is -0.121. The maximum atomic E-state index is 12.3. The second-order valence-electron chi connectivity index (χ2n) is 5.47. The van der Waals surface area contributed by atoms with Crippen molar-refractivity contribution >= 4 is 15.9 Å². The quantitative estimate of drug-likeness (QED) is 0.631. The maximum Gasteiger partial charge on any atom is 0.240 e. The van der Waals surface area contributed by atoms with Crippen LogP contribution in [-0.2, 0) is 19.6 Å². The molecule has 0 aliphatic rings. The van der Waals surface area contributed by atoms with E-state index < -0.39 is 10.0 Å². The van der Waals surface area contributed by atoms with Crippen molar-refractivity contribution in [1.82, 2.24) is 10.0 Å². The van der Waals surface area contributed by atoms with Crippen molar-refractivity contribution in [2.24, 2.45) is 0 Å². The van der Waals surface area contributed by atoms with Gasteiger partial charge < -0.3 is 10.1 Å². The zero-order valence-electron chi connectivity index (χ0n) is 14.0. The lowest BCUT2D eigenvalue weighted by Gasteiger charge is -2.10. The van der Waals surface area contributed by atoms with Gasteiger partial charge in [0.25, 0.3) is 0 Å². The molecule has 0 aliphatic carbocycles. The minimum absolute atomic E-state index is 0.0768. The molecule has 0 saturated carbocycles. The van der Waals surface area contributed by atoms with E-state index in [0.717, 1.165) is 18.4 Å². The zero-order valence-corrected chi connectivity index (χ0v) is 14.8. The summed E-state index contributed by atoms with van der Waals surface area (Å²) in [5.74, 6) is -0.0768. The van der Waals surface area contributed by atoms with E-state index >= 15 is 0 Å². The van der Waals surface area contributed by atoms with Gasteiger partial charge in [0.15, 0.2) is 0 Å². The highest BCUT2D eigenvalue weighted by molar-refractivity contribution is 7.89. The molecule has 1 amide bonds. The third-order valence-corrected chi connectivity index (χ3v) is 4.98. The fourth-order valence-corrected chi connectivity index (χ4v) is 3.44. The summed E-state index contributed by atoms with van der Waals surface area (Å²) in [7, 11) is -1.93. The van der Waals surface area contributed by atoms with Crippen LogP contribution in [0.1, 0.15) is 30.4 Å². The predicted octanol–water partition coefficient (Wildman–Crippen LogP) is 1.51. The van der Waals surface area contributed by atoms with Gasteiger partial charge in [-0.15, -0.1) is 0 Å². The molecule has 23 heavy (non-hydrogen) atoms. The van der Waals surface area contributed by atoms with Crippen LogP contribution in [0, 0.1) is 13.8 Å². The molecule has 0 aromatic heterocycles. The highest BCUT2D eigenvalue weighted by Crippen LogP contribution is 2.16. The second-order valence-corrected chi connectivity index (χ2v) is 7.20. The number of hydrogen-bond acceptors (Lipinski definition) is 4. The van der Waals surface area contributed by atoms with E-state index in [2.05, 4.69) is 10.0 Å². The van der Waals surface area contributed by atoms with Crippen molar-refractivity contribution < 1.29 is 17.9 Å². The first kappa shape index (κ1) is 19.6. The Kier molecular flexibility index (Phi) is 8.22. The first-order valence-corrected chi connectivity index (χ1v) is 9.17. The largest absolute Gasteiger partial charge is 0.385 e. The molecule has 2 N–H and O–H groups in total. The number of nitrogens with one attached hydrogen (secondary N) is 2. The molecule has 130 valence electrons. The number of amides is 1. The minimum Gasteiger partial charge on any atom is -0.385 e. The number of unbranched alkanes of at least 4 members (excludes halogenated alkanes) is 1. The number of benzene rings is 1. The monoisotopic (exact) mass is 342 g/mol. The molecule has 0 bridgehead atoms. The lowest BCUT2D eigenvalue weighted by Crippen LogP contribution is -2.34. The molecular weight excluding hydrogens is 316 g/mol. The van der Waals surface area contributed by atoms with Crippen LogP contribution >= 0.6 is 0 Å². The summed E-state index contributed by atoms with van der Waals surface area (Å²) in [5, 5.41) is 2.70. The number of methoxy groups -OCH3 is 1. The van der Waals surface area contributed by atoms with Gasteiger partial charge in [0, 0.05) is 33.2 Å². The van der Waals surface area contributed by atoms with E-state index in [1.807, 2.05) is 13.0 Å². The van der Waals surface area contributed by atoms with Crippen LogP contribution in [0.2, 0.25) is 0 Å². The fourth-order valence-electron chi connectivity index (χ4n) is 2.08. The minimum atomic E-state index is -3.55. The summed E-state index contributed by atoms with van der Waals surface area (Å²) in [4.78, 5) is 11.9. The number of carbonyl (C=O) groups is 1. The molecule has 0 spiro atoms. The summed E-state index contributed by atoms with van der Waals surface area (Å²) in [6, 6.07) is 5.30. The summed E-state index contributed by atoms with van der Waals surface area (Å²) in [6.07, 6.45) is 2.02. The summed E-state index contributed by atoms with van der Waals surface area (Å²) in [6.45, 7) is 4.69. The highest BCUT2D eigenvalue weighted by atomic mass is 32.2. The van der Waals surface area contributed by atoms with Gasteiger partial charge in [-0.25, -0.2) is 13.1 Å². The Morgan fingerprint density at radius 1 is 1.17 bits per heavy atom. The normalized spacial score (nSPS) is 11.4. The average Bonchev–Trinajstić information content (AvgIpc) is 2.50. The van der Waals surface area contributed by atoms with Crippen molar-refractivity contribution in [2.45, 2.75) is 38.0 Å². The van der Waals surface area contributed by atoms with Crippen LogP contribution in [0.4, 0.5) is 0 Å². The van der Waals surface area contributed by atoms with Crippen LogP contribution in [0.3, 0.4) is 0 Å². The average molecular weight is 342 g/mol. The predicted molar refractivity (Wildman–Crippen MR) is 89.8 cm³/mol. The van der Waals surface area contributed by atoms with Crippen molar-refractivity contribution in [2.75, 3.05) is 26.8 Å². The van der Waals surface area contributed by atoms with Gasteiger partial charge in [-0.05, 0) is 43.9 Å². The molecule has 0 unspecified atom stereocenters. The van der Waals surface area contributed by atoms with Crippen LogP contribution < -0.4 is 10.0 Å². The molecule has 1 rings (SSSR count). The van der Waals surface area contributed by atoms with Gasteiger partial charge in [0.2, 0.25) is 15.9 Å². The van der Waals surface area contributed by atoms with Gasteiger partial charge in [-0.3, -0.25) is 4.79 Å². The molecule has 0 atom stereocenters. The van der Waals surface area contributed by atoms with Crippen molar-refractivity contribution in [1.29, 1.82) is 0 Å². The maximum absolute atomic E-state index is 12.3. The Balaban J connectivity index is 2.37. The molecule has 6 nitrogen and oxygen atoms in total. The second kappa shape index (κ2) is 9.64. The Hall–Kier alpha value is -1.44. The Morgan fingerprint density at radius 3 is 2.61 bits per heavy atom. The molecule has 0 aliphatic heterocycles. The van der Waals surface area contributed by atoms with Gasteiger partial charge >= 0.3 is 0 Å². The van der Waals surface area contributed by atoms with Crippen LogP contribution in [0.15, 0.2) is 23.1 Å². The van der Waals surface area contributed by atoms with Crippen molar-refractivity contribution in [3.63, 3.8) is 0 Å². The van der Waals surface area contributed by atoms with E-state index in [-0.39, 0.29) is 23.9 Å². The molecule has 0 radical (unpaired) electrons. The van der Waals surface area contributed by atoms with Crippen LogP contribution in [-0.4, -0.2) is 41.1 Å². The lowest BCUT2D eigenvalue weighted by atomic mass is 10.2. The molecule has 0 fully saturated rings. The topological polar surface area (TPSA) is 84.5 Å². The number of aryl methyl sites for hydroxylation is 2. The SMILES string of the molecule is COCCCCC(=O)NCCNS(=O)(=O)c1cc(C)ccc1C. The summed E-state index contributed by atoms with van der Waals surface area (Å²) < 4.78 is 31.9. The Labute approximate surface area is 138 Å². The first-order chi connectivity index (χ1) is 10.9. The molecule has 1 aromatic carbocycles. The number of carbonyl (C=O) groups excluding carboxylic acids is 1. The molecule has 7 heteroatoms. The first-order valence-electron chi connectivity index (χ1n) is 7.69. The smallest absolute Gasteiger partial charge is 0.240 e. The molecule has 0 heterocycles. The Bertz CT molecular complexity index is 615. The molecule has 0 saturated heterocycles. The van der Waals surface area contributed by atoms with E-state index in [1.165, 1.54) is 0 Å². The molecular formula is C16H26N2O4S. The third kappa shape index (κ3) is 7.11. The standard InChI is InChI=1S/C16H26N2O4S/c1-13-7-8-14(2)15(12-13)23(20,21)18-10-9-17-16(19)6-4-5-11-22-3/h7-8,12,18H,4-6,9-11H2,1-3H3,(H,17,19). The number of sulfonamides is 1. The van der Waals surface area contributed by atoms with E-state index in [9.17, 15) is 13.2 Å². The fraction of sp³-hybridized carbons (Fsp3) is 0.562. The van der Waals surface area contributed by atoms with E-state index in [1.54, 1.807) is 26.2 Å². The van der Waals surface area contributed by atoms with Gasteiger partial charge in [0.1, 0.15) is 0 Å². The molecule has 1 aromatic rings. The number of rotatable bonds is 10.